The molecule has 5 rings (SSSR count). The monoisotopic (exact) mass is 323 g/mol. The number of nitrogens with zero attached hydrogens (tertiary/aromatic N) is 3. The highest BCUT2D eigenvalue weighted by molar-refractivity contribution is 9.11. The molecule has 2 aromatic rings. The van der Waals surface area contributed by atoms with Gasteiger partial charge >= 0.3 is 0 Å². The van der Waals surface area contributed by atoms with Crippen LogP contribution < -0.4 is 0 Å². The summed E-state index contributed by atoms with van der Waals surface area (Å²) in [5.74, 6) is 1.92. The van der Waals surface area contributed by atoms with Gasteiger partial charge in [-0.3, -0.25) is 4.90 Å². The molecule has 0 N–H and O–H groups in total. The Kier molecular flexibility index (Phi) is 2.67. The maximum absolute atomic E-state index is 4.77. The van der Waals surface area contributed by atoms with Crippen molar-refractivity contribution in [2.24, 2.45) is 5.92 Å². The molecule has 3 fully saturated rings. The van der Waals surface area contributed by atoms with Crippen LogP contribution in [0.1, 0.15) is 31.1 Å². The zero-order chi connectivity index (χ0) is 12.1. The molecule has 5 heteroatoms. The van der Waals surface area contributed by atoms with Crippen molar-refractivity contribution in [1.29, 1.82) is 0 Å². The van der Waals surface area contributed by atoms with Crippen molar-refractivity contribution >= 4 is 37.5 Å². The summed E-state index contributed by atoms with van der Waals surface area (Å²) in [5, 5.41) is 0. The molecule has 0 amide bonds. The summed E-state index contributed by atoms with van der Waals surface area (Å²) >= 11 is 5.22. The van der Waals surface area contributed by atoms with E-state index >= 15 is 0 Å². The van der Waals surface area contributed by atoms with Crippen molar-refractivity contribution in [1.82, 2.24) is 14.9 Å². The Morgan fingerprint density at radius 1 is 1.33 bits per heavy atom. The maximum atomic E-state index is 4.77. The van der Waals surface area contributed by atoms with Gasteiger partial charge in [-0.05, 0) is 60.3 Å². The molecule has 94 valence electrons. The number of thiophene rings is 1. The fourth-order valence-corrected chi connectivity index (χ4v) is 4.65. The molecule has 1 unspecified atom stereocenters. The molecule has 3 saturated heterocycles. The summed E-state index contributed by atoms with van der Waals surface area (Å²) in [6.07, 6.45) is 5.96. The van der Waals surface area contributed by atoms with Gasteiger partial charge in [-0.25, -0.2) is 9.97 Å². The molecule has 1 atom stereocenters. The standard InChI is InChI=1S/C13H14BrN3S/c14-12-6-9-11(18-12)7-15-13(16-9)10-5-8-1-3-17(10)4-2-8/h6-8,10H,1-5H2. The first-order chi connectivity index (χ1) is 8.79. The average molecular weight is 324 g/mol. The Bertz CT molecular complexity index is 589. The number of halogens is 1. The molecule has 5 heterocycles. The van der Waals surface area contributed by atoms with Gasteiger partial charge in [0.25, 0.3) is 0 Å². The van der Waals surface area contributed by atoms with Crippen LogP contribution in [-0.4, -0.2) is 28.0 Å². The molecule has 0 spiro atoms. The van der Waals surface area contributed by atoms with Gasteiger partial charge < -0.3 is 0 Å². The third kappa shape index (κ3) is 1.80. The van der Waals surface area contributed by atoms with Gasteiger partial charge in [0.05, 0.1) is 20.0 Å². The van der Waals surface area contributed by atoms with E-state index in [1.54, 1.807) is 11.3 Å². The Hall–Kier alpha value is -0.520. The van der Waals surface area contributed by atoms with Crippen LogP contribution in [0.4, 0.5) is 0 Å². The number of fused-ring (bicyclic) bond motifs is 4. The van der Waals surface area contributed by atoms with Crippen LogP contribution in [0.15, 0.2) is 16.0 Å². The van der Waals surface area contributed by atoms with Gasteiger partial charge in [0.2, 0.25) is 0 Å². The zero-order valence-electron chi connectivity index (χ0n) is 9.97. The topological polar surface area (TPSA) is 29.0 Å². The molecular formula is C13H14BrN3S. The zero-order valence-corrected chi connectivity index (χ0v) is 12.4. The van der Waals surface area contributed by atoms with E-state index in [9.17, 15) is 0 Å². The molecule has 0 saturated carbocycles. The van der Waals surface area contributed by atoms with Crippen LogP contribution in [0.2, 0.25) is 0 Å². The minimum absolute atomic E-state index is 0.459. The first kappa shape index (κ1) is 11.3. The Labute approximate surface area is 118 Å². The van der Waals surface area contributed by atoms with Gasteiger partial charge in [0, 0.05) is 6.20 Å². The SMILES string of the molecule is Brc1cc2nc(C3CC4CCN3CC4)ncc2s1. The van der Waals surface area contributed by atoms with Crippen LogP contribution >= 0.6 is 27.3 Å². The van der Waals surface area contributed by atoms with Crippen LogP contribution in [0.5, 0.6) is 0 Å². The summed E-state index contributed by atoms with van der Waals surface area (Å²) in [5.41, 5.74) is 1.08. The van der Waals surface area contributed by atoms with Crippen molar-refractivity contribution in [3.05, 3.63) is 21.9 Å². The van der Waals surface area contributed by atoms with Gasteiger partial charge in [-0.2, -0.15) is 0 Å². The first-order valence-corrected chi connectivity index (χ1v) is 8.06. The third-order valence-electron chi connectivity index (χ3n) is 4.20. The molecule has 0 aliphatic carbocycles. The summed E-state index contributed by atoms with van der Waals surface area (Å²) in [6, 6.07) is 2.56. The van der Waals surface area contributed by atoms with Gasteiger partial charge in [-0.15, -0.1) is 11.3 Å². The van der Waals surface area contributed by atoms with Crippen molar-refractivity contribution in [3.8, 4) is 0 Å². The van der Waals surface area contributed by atoms with E-state index in [1.807, 2.05) is 6.20 Å². The lowest BCUT2D eigenvalue weighted by Gasteiger charge is -2.44. The third-order valence-corrected chi connectivity index (χ3v) is 5.77. The second-order valence-electron chi connectivity index (χ2n) is 5.26. The smallest absolute Gasteiger partial charge is 0.146 e. The van der Waals surface area contributed by atoms with Crippen LogP contribution in [0, 0.1) is 5.92 Å². The maximum Gasteiger partial charge on any atom is 0.146 e. The van der Waals surface area contributed by atoms with E-state index in [0.29, 0.717) is 6.04 Å². The Morgan fingerprint density at radius 2 is 2.17 bits per heavy atom. The Balaban J connectivity index is 1.73. The highest BCUT2D eigenvalue weighted by atomic mass is 79.9. The minimum atomic E-state index is 0.459. The summed E-state index contributed by atoms with van der Waals surface area (Å²) in [6.45, 7) is 2.45. The number of piperidine rings is 3. The first-order valence-electron chi connectivity index (χ1n) is 6.45. The quantitative estimate of drug-likeness (QED) is 0.802. The largest absolute Gasteiger partial charge is 0.293 e. The molecule has 3 aliphatic heterocycles. The minimum Gasteiger partial charge on any atom is -0.293 e. The Morgan fingerprint density at radius 3 is 2.89 bits per heavy atom. The van der Waals surface area contributed by atoms with Crippen LogP contribution in [0.25, 0.3) is 10.2 Å². The van der Waals surface area contributed by atoms with Crippen LogP contribution in [0.3, 0.4) is 0 Å². The van der Waals surface area contributed by atoms with Gasteiger partial charge in [-0.1, -0.05) is 0 Å². The van der Waals surface area contributed by atoms with E-state index in [4.69, 9.17) is 4.98 Å². The van der Waals surface area contributed by atoms with E-state index in [0.717, 1.165) is 21.0 Å². The van der Waals surface area contributed by atoms with Crippen molar-refractivity contribution in [3.63, 3.8) is 0 Å². The predicted octanol–water partition coefficient (Wildman–Crippen LogP) is 3.61. The normalized spacial score (nSPS) is 31.1. The highest BCUT2D eigenvalue weighted by Gasteiger charge is 2.35. The molecule has 3 nitrogen and oxygen atoms in total. The van der Waals surface area contributed by atoms with E-state index in [2.05, 4.69) is 31.9 Å². The fraction of sp³-hybridized carbons (Fsp3) is 0.538. The van der Waals surface area contributed by atoms with Gasteiger partial charge in [0.1, 0.15) is 5.82 Å². The highest BCUT2D eigenvalue weighted by Crippen LogP contribution is 2.39. The summed E-state index contributed by atoms with van der Waals surface area (Å²) in [7, 11) is 0. The molecule has 2 bridgehead atoms. The number of hydrogen-bond acceptors (Lipinski definition) is 4. The number of aromatic nitrogens is 2. The summed E-state index contributed by atoms with van der Waals surface area (Å²) in [4.78, 5) is 11.9. The summed E-state index contributed by atoms with van der Waals surface area (Å²) < 4.78 is 2.30. The van der Waals surface area contributed by atoms with Crippen molar-refractivity contribution < 1.29 is 0 Å². The lowest BCUT2D eigenvalue weighted by molar-refractivity contribution is 0.0446. The average Bonchev–Trinajstić information content (AvgIpc) is 2.79. The second-order valence-corrected chi connectivity index (χ2v) is 7.72. The van der Waals surface area contributed by atoms with E-state index < -0.39 is 0 Å². The fourth-order valence-electron chi connectivity index (χ4n) is 3.22. The molecule has 3 aliphatic rings. The van der Waals surface area contributed by atoms with Crippen molar-refractivity contribution in [2.75, 3.05) is 13.1 Å². The van der Waals surface area contributed by atoms with Gasteiger partial charge in [0.15, 0.2) is 0 Å². The molecule has 18 heavy (non-hydrogen) atoms. The number of hydrogen-bond donors (Lipinski definition) is 0. The van der Waals surface area contributed by atoms with E-state index in [1.165, 1.54) is 37.1 Å². The van der Waals surface area contributed by atoms with Crippen LogP contribution in [-0.2, 0) is 0 Å². The van der Waals surface area contributed by atoms with Crippen molar-refractivity contribution in [2.45, 2.75) is 25.3 Å². The molecular weight excluding hydrogens is 310 g/mol. The lowest BCUT2D eigenvalue weighted by atomic mass is 9.83. The molecule has 2 aromatic heterocycles. The lowest BCUT2D eigenvalue weighted by Crippen LogP contribution is -2.44. The number of rotatable bonds is 1. The second kappa shape index (κ2) is 4.25. The van der Waals surface area contributed by atoms with E-state index in [-0.39, 0.29) is 0 Å². The molecule has 0 radical (unpaired) electrons. The predicted molar refractivity (Wildman–Crippen MR) is 76.8 cm³/mol. The molecule has 0 aromatic carbocycles.